The molecule has 0 aliphatic carbocycles. The lowest BCUT2D eigenvalue weighted by Crippen LogP contribution is -2.28. The largest absolute Gasteiger partial charge is 0.436 e. The molecule has 4 heteroatoms. The zero-order valence-corrected chi connectivity index (χ0v) is 14.3. The lowest BCUT2D eigenvalue weighted by molar-refractivity contribution is 0.292. The number of halogens is 1. The van der Waals surface area contributed by atoms with Gasteiger partial charge in [-0.3, -0.25) is 4.90 Å². The maximum absolute atomic E-state index is 5.90. The van der Waals surface area contributed by atoms with E-state index in [1.54, 1.807) is 0 Å². The summed E-state index contributed by atoms with van der Waals surface area (Å²) in [5, 5.41) is 0. The summed E-state index contributed by atoms with van der Waals surface area (Å²) in [7, 11) is 0. The van der Waals surface area contributed by atoms with Crippen molar-refractivity contribution in [1.82, 2.24) is 9.88 Å². The fourth-order valence-corrected chi connectivity index (χ4v) is 3.28. The Balaban J connectivity index is 1.50. The van der Waals surface area contributed by atoms with E-state index in [4.69, 9.17) is 4.42 Å². The van der Waals surface area contributed by atoms with Crippen molar-refractivity contribution in [2.45, 2.75) is 13.0 Å². The van der Waals surface area contributed by atoms with Gasteiger partial charge in [-0.2, -0.15) is 0 Å². The number of fused-ring (bicyclic) bond motifs is 1. The molecule has 4 rings (SSSR count). The minimum atomic E-state index is 0.762. The topological polar surface area (TPSA) is 29.3 Å². The minimum Gasteiger partial charge on any atom is -0.436 e. The molecule has 0 fully saturated rings. The Kier molecular flexibility index (Phi) is 4.02. The number of hydrogen-bond donors (Lipinski definition) is 0. The summed E-state index contributed by atoms with van der Waals surface area (Å²) in [6.07, 6.45) is 3.22. The molecule has 0 saturated heterocycles. The predicted molar refractivity (Wildman–Crippen MR) is 96.0 cm³/mol. The molecule has 0 N–H and O–H groups in total. The second-order valence-corrected chi connectivity index (χ2v) is 6.75. The Bertz CT molecular complexity index is 854. The number of nitrogens with zero attached hydrogens (tertiary/aromatic N) is 2. The fourth-order valence-electron chi connectivity index (χ4n) is 2.93. The van der Waals surface area contributed by atoms with E-state index < -0.39 is 0 Å². The summed E-state index contributed by atoms with van der Waals surface area (Å²) in [5.74, 6) is 0.762. The molecule has 2 heterocycles. The molecule has 0 spiro atoms. The van der Waals surface area contributed by atoms with Crippen LogP contribution in [0, 0.1) is 0 Å². The van der Waals surface area contributed by atoms with E-state index in [1.165, 1.54) is 11.1 Å². The van der Waals surface area contributed by atoms with Crippen LogP contribution in [0.15, 0.2) is 63.5 Å². The van der Waals surface area contributed by atoms with Crippen molar-refractivity contribution in [1.29, 1.82) is 0 Å². The average Bonchev–Trinajstić information content (AvgIpc) is 2.99. The van der Waals surface area contributed by atoms with Crippen molar-refractivity contribution in [2.75, 3.05) is 13.1 Å². The second-order valence-electron chi connectivity index (χ2n) is 5.83. The first-order chi connectivity index (χ1) is 11.3. The van der Waals surface area contributed by atoms with Crippen LogP contribution in [0.4, 0.5) is 0 Å². The number of benzene rings is 2. The molecular weight excluding hydrogens is 352 g/mol. The molecule has 0 atom stereocenters. The molecule has 1 aromatic heterocycles. The summed E-state index contributed by atoms with van der Waals surface area (Å²) in [4.78, 5) is 7.07. The van der Waals surface area contributed by atoms with Gasteiger partial charge in [-0.05, 0) is 30.2 Å². The van der Waals surface area contributed by atoms with Crippen LogP contribution in [0.5, 0.6) is 0 Å². The van der Waals surface area contributed by atoms with E-state index in [2.05, 4.69) is 62.2 Å². The van der Waals surface area contributed by atoms with Gasteiger partial charge in [0.05, 0.1) is 0 Å². The van der Waals surface area contributed by atoms with Crippen LogP contribution in [0.3, 0.4) is 0 Å². The molecule has 0 unspecified atom stereocenters. The molecule has 3 aromatic rings. The normalized spacial score (nSPS) is 15.8. The SMILES string of the molecule is Brc1ccc2oc(C3=CCN(Cc4ccccc4)CC3)nc2c1. The van der Waals surface area contributed by atoms with E-state index in [0.717, 1.165) is 47.5 Å². The molecule has 1 aliphatic heterocycles. The van der Waals surface area contributed by atoms with E-state index in [-0.39, 0.29) is 0 Å². The van der Waals surface area contributed by atoms with E-state index in [9.17, 15) is 0 Å². The first kappa shape index (κ1) is 14.7. The molecule has 1 aliphatic rings. The highest BCUT2D eigenvalue weighted by Crippen LogP contribution is 2.27. The zero-order chi connectivity index (χ0) is 15.6. The summed E-state index contributed by atoms with van der Waals surface area (Å²) in [6.45, 7) is 2.96. The van der Waals surface area contributed by atoms with Gasteiger partial charge in [-0.1, -0.05) is 52.3 Å². The Morgan fingerprint density at radius 3 is 2.78 bits per heavy atom. The molecule has 2 aromatic carbocycles. The van der Waals surface area contributed by atoms with Gasteiger partial charge in [0.2, 0.25) is 5.89 Å². The van der Waals surface area contributed by atoms with Crippen LogP contribution in [0.25, 0.3) is 16.7 Å². The van der Waals surface area contributed by atoms with Crippen LogP contribution in [0.1, 0.15) is 17.9 Å². The maximum atomic E-state index is 5.90. The van der Waals surface area contributed by atoms with Gasteiger partial charge >= 0.3 is 0 Å². The maximum Gasteiger partial charge on any atom is 0.222 e. The van der Waals surface area contributed by atoms with Crippen LogP contribution >= 0.6 is 15.9 Å². The molecular formula is C19H17BrN2O. The van der Waals surface area contributed by atoms with Crippen molar-refractivity contribution in [2.24, 2.45) is 0 Å². The Morgan fingerprint density at radius 2 is 2.00 bits per heavy atom. The highest BCUT2D eigenvalue weighted by molar-refractivity contribution is 9.10. The second kappa shape index (κ2) is 6.30. The molecule has 0 radical (unpaired) electrons. The molecule has 23 heavy (non-hydrogen) atoms. The highest BCUT2D eigenvalue weighted by atomic mass is 79.9. The van der Waals surface area contributed by atoms with E-state index >= 15 is 0 Å². The van der Waals surface area contributed by atoms with Gasteiger partial charge in [0.1, 0.15) is 5.52 Å². The number of hydrogen-bond acceptors (Lipinski definition) is 3. The number of oxazole rings is 1. The Morgan fingerprint density at radius 1 is 1.13 bits per heavy atom. The molecule has 0 saturated carbocycles. The van der Waals surface area contributed by atoms with Gasteiger partial charge in [0.25, 0.3) is 0 Å². The Hall–Kier alpha value is -1.91. The van der Waals surface area contributed by atoms with Crippen LogP contribution < -0.4 is 0 Å². The average molecular weight is 369 g/mol. The van der Waals surface area contributed by atoms with Crippen molar-refractivity contribution in [3.05, 3.63) is 70.5 Å². The van der Waals surface area contributed by atoms with Gasteiger partial charge in [0, 0.05) is 29.7 Å². The van der Waals surface area contributed by atoms with Gasteiger partial charge in [-0.15, -0.1) is 0 Å². The molecule has 0 amide bonds. The molecule has 3 nitrogen and oxygen atoms in total. The monoisotopic (exact) mass is 368 g/mol. The summed E-state index contributed by atoms with van der Waals surface area (Å²) in [6, 6.07) is 16.5. The lowest BCUT2D eigenvalue weighted by Gasteiger charge is -2.25. The summed E-state index contributed by atoms with van der Waals surface area (Å²) in [5.41, 5.74) is 4.32. The van der Waals surface area contributed by atoms with E-state index in [0.29, 0.717) is 0 Å². The number of aromatic nitrogens is 1. The van der Waals surface area contributed by atoms with Crippen LogP contribution in [0.2, 0.25) is 0 Å². The molecule has 116 valence electrons. The quantitative estimate of drug-likeness (QED) is 0.659. The van der Waals surface area contributed by atoms with Crippen molar-refractivity contribution in [3.63, 3.8) is 0 Å². The zero-order valence-electron chi connectivity index (χ0n) is 12.7. The number of rotatable bonds is 3. The third-order valence-corrected chi connectivity index (χ3v) is 4.66. The fraction of sp³-hybridized carbons (Fsp3) is 0.211. The summed E-state index contributed by atoms with van der Waals surface area (Å²) >= 11 is 3.47. The predicted octanol–water partition coefficient (Wildman–Crippen LogP) is 4.88. The van der Waals surface area contributed by atoms with Crippen molar-refractivity contribution in [3.8, 4) is 0 Å². The minimum absolute atomic E-state index is 0.762. The van der Waals surface area contributed by atoms with Gasteiger partial charge in [-0.25, -0.2) is 4.98 Å². The third-order valence-electron chi connectivity index (χ3n) is 4.17. The van der Waals surface area contributed by atoms with Crippen molar-refractivity contribution >= 4 is 32.6 Å². The van der Waals surface area contributed by atoms with Crippen molar-refractivity contribution < 1.29 is 4.42 Å². The van der Waals surface area contributed by atoms with Gasteiger partial charge in [0.15, 0.2) is 5.58 Å². The highest BCUT2D eigenvalue weighted by Gasteiger charge is 2.17. The first-order valence-corrected chi connectivity index (χ1v) is 8.59. The van der Waals surface area contributed by atoms with E-state index in [1.807, 2.05) is 18.2 Å². The first-order valence-electron chi connectivity index (χ1n) is 7.80. The standard InChI is InChI=1S/C19H17BrN2O/c20-16-6-7-18-17(12-16)21-19(23-18)15-8-10-22(11-9-15)13-14-4-2-1-3-5-14/h1-8,12H,9-11,13H2. The third kappa shape index (κ3) is 3.23. The van der Waals surface area contributed by atoms with Crippen LogP contribution in [-0.4, -0.2) is 23.0 Å². The van der Waals surface area contributed by atoms with Crippen LogP contribution in [-0.2, 0) is 6.54 Å². The Labute approximate surface area is 143 Å². The smallest absolute Gasteiger partial charge is 0.222 e. The molecule has 0 bridgehead atoms. The lowest BCUT2D eigenvalue weighted by atomic mass is 10.1. The van der Waals surface area contributed by atoms with Gasteiger partial charge < -0.3 is 4.42 Å². The summed E-state index contributed by atoms with van der Waals surface area (Å²) < 4.78 is 6.92.